The zero-order valence-electron chi connectivity index (χ0n) is 12.7. The number of hydrogen-bond donors (Lipinski definition) is 3. The fourth-order valence-electron chi connectivity index (χ4n) is 2.93. The van der Waals surface area contributed by atoms with Crippen molar-refractivity contribution in [1.29, 1.82) is 0 Å². The molecule has 2 aromatic rings. The molecule has 1 aromatic carbocycles. The van der Waals surface area contributed by atoms with Crippen LogP contribution < -0.4 is 10.3 Å². The molecule has 8 nitrogen and oxygen atoms in total. The van der Waals surface area contributed by atoms with Gasteiger partial charge in [0.25, 0.3) is 5.56 Å². The highest BCUT2D eigenvalue weighted by atomic mass is 32.2. The first-order valence-electron chi connectivity index (χ1n) is 7.59. The van der Waals surface area contributed by atoms with E-state index >= 15 is 0 Å². The molecular weight excluding hydrogens is 334 g/mol. The van der Waals surface area contributed by atoms with E-state index in [1.54, 1.807) is 0 Å². The van der Waals surface area contributed by atoms with E-state index in [4.69, 9.17) is 5.11 Å². The average Bonchev–Trinajstić information content (AvgIpc) is 2.54. The normalized spacial score (nSPS) is 21.7. The van der Waals surface area contributed by atoms with Gasteiger partial charge in [0.15, 0.2) is 0 Å². The summed E-state index contributed by atoms with van der Waals surface area (Å²) in [7, 11) is -3.73. The van der Waals surface area contributed by atoms with Crippen molar-refractivity contribution in [1.82, 2.24) is 14.7 Å². The minimum Gasteiger partial charge on any atom is -0.481 e. The molecule has 24 heavy (non-hydrogen) atoms. The molecule has 1 aliphatic rings. The lowest BCUT2D eigenvalue weighted by Gasteiger charge is -2.26. The minimum absolute atomic E-state index is 0.0647. The topological polar surface area (TPSA) is 129 Å². The molecule has 0 unspecified atom stereocenters. The monoisotopic (exact) mass is 351 g/mol. The SMILES string of the molecule is O=C(O)C1CCC(NS(=O)(=O)c2ccc3[nH]c(=O)cnc3c2)CC1. The molecule has 0 radical (unpaired) electrons. The molecular formula is C15H17N3O5S. The van der Waals surface area contributed by atoms with Gasteiger partial charge >= 0.3 is 5.97 Å². The van der Waals surface area contributed by atoms with Crippen LogP contribution in [-0.2, 0) is 14.8 Å². The Bertz CT molecular complexity index is 930. The molecule has 0 amide bonds. The van der Waals surface area contributed by atoms with Gasteiger partial charge in [-0.05, 0) is 43.9 Å². The molecule has 3 rings (SSSR count). The number of sulfonamides is 1. The van der Waals surface area contributed by atoms with E-state index in [1.165, 1.54) is 18.2 Å². The fraction of sp³-hybridized carbons (Fsp3) is 0.400. The van der Waals surface area contributed by atoms with Gasteiger partial charge in [-0.3, -0.25) is 9.59 Å². The van der Waals surface area contributed by atoms with E-state index in [1.807, 2.05) is 0 Å². The standard InChI is InChI=1S/C15H17N3O5S/c19-14-8-16-13-7-11(5-6-12(13)17-14)24(22,23)18-10-3-1-9(2-4-10)15(20)21/h5-10,18H,1-4H2,(H,17,19)(H,20,21). The van der Waals surface area contributed by atoms with Crippen molar-refractivity contribution in [2.45, 2.75) is 36.6 Å². The van der Waals surface area contributed by atoms with Crippen LogP contribution >= 0.6 is 0 Å². The third kappa shape index (κ3) is 3.46. The van der Waals surface area contributed by atoms with E-state index in [0.717, 1.165) is 6.20 Å². The van der Waals surface area contributed by atoms with Crippen LogP contribution in [0.1, 0.15) is 25.7 Å². The number of benzene rings is 1. The number of aliphatic carboxylic acids is 1. The molecule has 3 N–H and O–H groups in total. The highest BCUT2D eigenvalue weighted by molar-refractivity contribution is 7.89. The number of aromatic amines is 1. The van der Waals surface area contributed by atoms with E-state index in [0.29, 0.717) is 36.7 Å². The summed E-state index contributed by atoms with van der Waals surface area (Å²) in [5.41, 5.74) is 0.488. The zero-order chi connectivity index (χ0) is 17.3. The number of carbonyl (C=O) groups is 1. The number of nitrogens with one attached hydrogen (secondary N) is 2. The highest BCUT2D eigenvalue weighted by Crippen LogP contribution is 2.26. The third-order valence-electron chi connectivity index (χ3n) is 4.26. The van der Waals surface area contributed by atoms with Crippen molar-refractivity contribution < 1.29 is 18.3 Å². The zero-order valence-corrected chi connectivity index (χ0v) is 13.5. The molecule has 0 bridgehead atoms. The smallest absolute Gasteiger partial charge is 0.306 e. The van der Waals surface area contributed by atoms with Crippen LogP contribution in [0.25, 0.3) is 11.0 Å². The Kier molecular flexibility index (Phi) is 4.37. The summed E-state index contributed by atoms with van der Waals surface area (Å²) in [5, 5.41) is 8.98. The summed E-state index contributed by atoms with van der Waals surface area (Å²) in [6.45, 7) is 0. The molecule has 1 fully saturated rings. The molecule has 1 saturated carbocycles. The van der Waals surface area contributed by atoms with Crippen LogP contribution in [0.3, 0.4) is 0 Å². The van der Waals surface area contributed by atoms with Gasteiger partial charge in [-0.2, -0.15) is 0 Å². The van der Waals surface area contributed by atoms with Gasteiger partial charge in [0.05, 0.1) is 28.0 Å². The van der Waals surface area contributed by atoms with E-state index in [2.05, 4.69) is 14.7 Å². The number of rotatable bonds is 4. The van der Waals surface area contributed by atoms with Crippen molar-refractivity contribution >= 4 is 27.0 Å². The van der Waals surface area contributed by atoms with Crippen molar-refractivity contribution in [2.24, 2.45) is 5.92 Å². The van der Waals surface area contributed by atoms with Crippen LogP contribution in [0.15, 0.2) is 34.1 Å². The van der Waals surface area contributed by atoms with E-state index < -0.39 is 21.9 Å². The number of carboxylic acid groups (broad SMARTS) is 1. The first kappa shape index (κ1) is 16.6. The lowest BCUT2D eigenvalue weighted by atomic mass is 9.87. The molecule has 1 heterocycles. The van der Waals surface area contributed by atoms with Gasteiger partial charge in [-0.25, -0.2) is 18.1 Å². The molecule has 1 aromatic heterocycles. The lowest BCUT2D eigenvalue weighted by molar-refractivity contribution is -0.142. The number of hydrogen-bond acceptors (Lipinski definition) is 5. The van der Waals surface area contributed by atoms with Crippen molar-refractivity contribution in [3.8, 4) is 0 Å². The summed E-state index contributed by atoms with van der Waals surface area (Å²) >= 11 is 0. The maximum atomic E-state index is 12.5. The van der Waals surface area contributed by atoms with Crippen LogP contribution in [0, 0.1) is 5.92 Å². The van der Waals surface area contributed by atoms with Crippen LogP contribution in [-0.4, -0.2) is 35.5 Å². The second-order valence-corrected chi connectivity index (χ2v) is 7.65. The average molecular weight is 351 g/mol. The van der Waals surface area contributed by atoms with Crippen molar-refractivity contribution in [3.05, 3.63) is 34.7 Å². The maximum absolute atomic E-state index is 12.5. The molecule has 0 aliphatic heterocycles. The van der Waals surface area contributed by atoms with Gasteiger partial charge in [0.1, 0.15) is 0 Å². The number of aromatic nitrogens is 2. The molecule has 0 spiro atoms. The molecule has 0 atom stereocenters. The van der Waals surface area contributed by atoms with Gasteiger partial charge in [-0.15, -0.1) is 0 Å². The molecule has 1 aliphatic carbocycles. The fourth-order valence-corrected chi connectivity index (χ4v) is 4.25. The van der Waals surface area contributed by atoms with E-state index in [9.17, 15) is 18.0 Å². The first-order chi connectivity index (χ1) is 11.3. The Labute approximate surface area is 138 Å². The van der Waals surface area contributed by atoms with E-state index in [-0.39, 0.29) is 16.5 Å². The second-order valence-electron chi connectivity index (χ2n) is 5.93. The Hall–Kier alpha value is -2.26. The maximum Gasteiger partial charge on any atom is 0.306 e. The van der Waals surface area contributed by atoms with Gasteiger partial charge in [0, 0.05) is 6.04 Å². The quantitative estimate of drug-likeness (QED) is 0.749. The Morgan fingerprint density at radius 1 is 1.25 bits per heavy atom. The summed E-state index contributed by atoms with van der Waals surface area (Å²) in [4.78, 5) is 28.7. The van der Waals surface area contributed by atoms with Crippen molar-refractivity contribution in [3.63, 3.8) is 0 Å². The van der Waals surface area contributed by atoms with Gasteiger partial charge in [-0.1, -0.05) is 0 Å². The molecule has 0 saturated heterocycles. The van der Waals surface area contributed by atoms with Crippen LogP contribution in [0.2, 0.25) is 0 Å². The largest absolute Gasteiger partial charge is 0.481 e. The minimum atomic E-state index is -3.73. The lowest BCUT2D eigenvalue weighted by Crippen LogP contribution is -2.38. The first-order valence-corrected chi connectivity index (χ1v) is 9.08. The Morgan fingerprint density at radius 3 is 2.62 bits per heavy atom. The molecule has 128 valence electrons. The predicted octanol–water partition coefficient (Wildman–Crippen LogP) is 0.845. The van der Waals surface area contributed by atoms with Gasteiger partial charge in [0.2, 0.25) is 10.0 Å². The third-order valence-corrected chi connectivity index (χ3v) is 5.77. The number of carboxylic acids is 1. The predicted molar refractivity (Wildman–Crippen MR) is 86.1 cm³/mol. The van der Waals surface area contributed by atoms with Crippen molar-refractivity contribution in [2.75, 3.05) is 0 Å². The highest BCUT2D eigenvalue weighted by Gasteiger charge is 2.29. The van der Waals surface area contributed by atoms with Gasteiger partial charge < -0.3 is 10.1 Å². The Balaban J connectivity index is 1.77. The second kappa shape index (κ2) is 6.33. The number of nitrogens with zero attached hydrogens (tertiary/aromatic N) is 1. The number of fused-ring (bicyclic) bond motifs is 1. The summed E-state index contributed by atoms with van der Waals surface area (Å²) in [5.74, 6) is -1.22. The number of H-pyrrole nitrogens is 1. The Morgan fingerprint density at radius 2 is 1.96 bits per heavy atom. The summed E-state index contributed by atoms with van der Waals surface area (Å²) in [6, 6.07) is 4.03. The summed E-state index contributed by atoms with van der Waals surface area (Å²) < 4.78 is 27.6. The van der Waals surface area contributed by atoms with Crippen LogP contribution in [0.4, 0.5) is 0 Å². The van der Waals surface area contributed by atoms with Crippen LogP contribution in [0.5, 0.6) is 0 Å². The molecule has 9 heteroatoms. The summed E-state index contributed by atoms with van der Waals surface area (Å²) in [6.07, 6.45) is 3.01.